The van der Waals surface area contributed by atoms with Gasteiger partial charge in [0.2, 0.25) is 0 Å². The number of carbonyl (C=O) groups excluding carboxylic acids is 2. The molecule has 1 unspecified atom stereocenters. The topological polar surface area (TPSA) is 65.2 Å². The third kappa shape index (κ3) is 3.92. The molecular formula is C26H29N3O2S. The maximum Gasteiger partial charge on any atom is 0.257 e. The molecule has 0 saturated carbocycles. The van der Waals surface area contributed by atoms with Gasteiger partial charge in [-0.1, -0.05) is 19.1 Å². The second kappa shape index (κ2) is 8.66. The second-order valence-electron chi connectivity index (χ2n) is 9.05. The van der Waals surface area contributed by atoms with E-state index in [-0.39, 0.29) is 11.8 Å². The zero-order chi connectivity index (χ0) is 22.2. The third-order valence-electron chi connectivity index (χ3n) is 6.73. The van der Waals surface area contributed by atoms with E-state index in [1.807, 2.05) is 53.9 Å². The first kappa shape index (κ1) is 21.1. The quantitative estimate of drug-likeness (QED) is 0.591. The molecule has 2 aliphatic rings. The summed E-state index contributed by atoms with van der Waals surface area (Å²) >= 11 is 1.89. The maximum absolute atomic E-state index is 13.2. The lowest BCUT2D eigenvalue weighted by atomic mass is 9.87. The molecule has 5 rings (SSSR count). The van der Waals surface area contributed by atoms with Crippen LogP contribution in [-0.2, 0) is 12.8 Å². The van der Waals surface area contributed by atoms with Crippen LogP contribution in [0.15, 0.2) is 36.4 Å². The minimum Gasteiger partial charge on any atom is -0.358 e. The zero-order valence-electron chi connectivity index (χ0n) is 18.7. The number of benzene rings is 2. The Morgan fingerprint density at radius 1 is 1.16 bits per heavy atom. The van der Waals surface area contributed by atoms with Crippen molar-refractivity contribution in [1.29, 1.82) is 0 Å². The van der Waals surface area contributed by atoms with Crippen molar-refractivity contribution in [3.8, 4) is 0 Å². The number of nitrogens with one attached hydrogen (secondary N) is 2. The number of amides is 2. The Kier molecular flexibility index (Phi) is 5.72. The number of aromatic nitrogens is 1. The number of rotatable bonds is 3. The van der Waals surface area contributed by atoms with Crippen molar-refractivity contribution < 1.29 is 9.59 Å². The van der Waals surface area contributed by atoms with Gasteiger partial charge in [-0.15, -0.1) is 0 Å². The van der Waals surface area contributed by atoms with Crippen LogP contribution in [0, 0.1) is 12.8 Å². The van der Waals surface area contributed by atoms with Gasteiger partial charge in [-0.2, -0.15) is 11.8 Å². The van der Waals surface area contributed by atoms with E-state index in [0.29, 0.717) is 17.0 Å². The van der Waals surface area contributed by atoms with Gasteiger partial charge in [-0.25, -0.2) is 0 Å². The standard InChI is InChI=1S/C26H29N3O2S/c1-16-6-8-23-21(14-16)19-4-3-5-20(24(19)27-23)25(30)28-22-9-7-18(15-17(22)2)26(31)29-10-12-32-13-11-29/h3-5,7,9,15-16,27H,6,8,10-14H2,1-2H3,(H,28,30). The summed E-state index contributed by atoms with van der Waals surface area (Å²) in [7, 11) is 0. The molecule has 1 saturated heterocycles. The first-order valence-electron chi connectivity index (χ1n) is 11.4. The van der Waals surface area contributed by atoms with Gasteiger partial charge < -0.3 is 15.2 Å². The second-order valence-corrected chi connectivity index (χ2v) is 10.3. The highest BCUT2D eigenvalue weighted by atomic mass is 32.2. The van der Waals surface area contributed by atoms with Crippen molar-refractivity contribution in [3.63, 3.8) is 0 Å². The molecule has 2 aromatic carbocycles. The van der Waals surface area contributed by atoms with E-state index in [1.165, 1.54) is 17.7 Å². The number of hydrogen-bond acceptors (Lipinski definition) is 3. The molecule has 0 spiro atoms. The molecule has 166 valence electrons. The molecule has 2 heterocycles. The van der Waals surface area contributed by atoms with E-state index in [4.69, 9.17) is 0 Å². The lowest BCUT2D eigenvalue weighted by Crippen LogP contribution is -2.37. The first-order valence-corrected chi connectivity index (χ1v) is 12.6. The number of anilines is 1. The Bertz CT molecular complexity index is 1190. The molecule has 1 aliphatic carbocycles. The molecule has 5 nitrogen and oxygen atoms in total. The SMILES string of the molecule is Cc1cc(C(=O)N2CCSCC2)ccc1NC(=O)c1cccc2c3c([nH]c12)CCC(C)C3. The van der Waals surface area contributed by atoms with Gasteiger partial charge in [0, 0.05) is 46.9 Å². The molecule has 2 N–H and O–H groups in total. The molecule has 1 aromatic heterocycles. The van der Waals surface area contributed by atoms with Crippen LogP contribution in [0.2, 0.25) is 0 Å². The van der Waals surface area contributed by atoms with Crippen LogP contribution in [0.3, 0.4) is 0 Å². The number of para-hydroxylation sites is 1. The Labute approximate surface area is 193 Å². The molecule has 1 aliphatic heterocycles. The monoisotopic (exact) mass is 447 g/mol. The molecular weight excluding hydrogens is 418 g/mol. The number of fused-ring (bicyclic) bond motifs is 3. The van der Waals surface area contributed by atoms with Crippen molar-refractivity contribution in [3.05, 3.63) is 64.3 Å². The summed E-state index contributed by atoms with van der Waals surface area (Å²) in [6.07, 6.45) is 3.28. The average molecular weight is 448 g/mol. The van der Waals surface area contributed by atoms with E-state index >= 15 is 0 Å². The number of thioether (sulfide) groups is 1. The van der Waals surface area contributed by atoms with Crippen LogP contribution >= 0.6 is 11.8 Å². The molecule has 1 atom stereocenters. The van der Waals surface area contributed by atoms with Gasteiger partial charge in [-0.3, -0.25) is 9.59 Å². The van der Waals surface area contributed by atoms with E-state index in [9.17, 15) is 9.59 Å². The average Bonchev–Trinajstić information content (AvgIpc) is 3.18. The predicted molar refractivity (Wildman–Crippen MR) is 132 cm³/mol. The molecule has 0 bridgehead atoms. The van der Waals surface area contributed by atoms with Gasteiger partial charge in [0.25, 0.3) is 11.8 Å². The normalized spacial score (nSPS) is 18.4. The van der Waals surface area contributed by atoms with Gasteiger partial charge >= 0.3 is 0 Å². The van der Waals surface area contributed by atoms with Gasteiger partial charge in [0.1, 0.15) is 0 Å². The summed E-state index contributed by atoms with van der Waals surface area (Å²) in [5, 5.41) is 4.23. The summed E-state index contributed by atoms with van der Waals surface area (Å²) in [5.74, 6) is 2.60. The van der Waals surface area contributed by atoms with Gasteiger partial charge in [-0.05, 0) is 67.5 Å². The largest absolute Gasteiger partial charge is 0.358 e. The van der Waals surface area contributed by atoms with Crippen LogP contribution in [-0.4, -0.2) is 46.3 Å². The lowest BCUT2D eigenvalue weighted by Gasteiger charge is -2.26. The molecule has 32 heavy (non-hydrogen) atoms. The Hall–Kier alpha value is -2.73. The van der Waals surface area contributed by atoms with Crippen molar-refractivity contribution in [2.75, 3.05) is 29.9 Å². The van der Waals surface area contributed by atoms with E-state index in [1.54, 1.807) is 0 Å². The van der Waals surface area contributed by atoms with Crippen LogP contribution in [0.4, 0.5) is 5.69 Å². The summed E-state index contributed by atoms with van der Waals surface area (Å²) < 4.78 is 0. The van der Waals surface area contributed by atoms with Crippen molar-refractivity contribution >= 4 is 40.2 Å². The minimum absolute atomic E-state index is 0.0715. The molecule has 6 heteroatoms. The Balaban J connectivity index is 1.38. The van der Waals surface area contributed by atoms with Crippen LogP contribution in [0.1, 0.15) is 50.9 Å². The van der Waals surface area contributed by atoms with Gasteiger partial charge in [0.15, 0.2) is 0 Å². The first-order chi connectivity index (χ1) is 15.5. The Morgan fingerprint density at radius 2 is 1.97 bits per heavy atom. The number of hydrogen-bond donors (Lipinski definition) is 2. The fourth-order valence-electron chi connectivity index (χ4n) is 4.88. The minimum atomic E-state index is -0.127. The van der Waals surface area contributed by atoms with Gasteiger partial charge in [0.05, 0.1) is 11.1 Å². The molecule has 3 aromatic rings. The van der Waals surface area contributed by atoms with E-state index in [0.717, 1.165) is 59.6 Å². The van der Waals surface area contributed by atoms with E-state index < -0.39 is 0 Å². The number of H-pyrrole nitrogens is 1. The highest BCUT2D eigenvalue weighted by molar-refractivity contribution is 7.99. The third-order valence-corrected chi connectivity index (χ3v) is 7.68. The summed E-state index contributed by atoms with van der Waals surface area (Å²) in [6, 6.07) is 11.5. The van der Waals surface area contributed by atoms with Crippen LogP contribution in [0.25, 0.3) is 10.9 Å². The highest BCUT2D eigenvalue weighted by Gasteiger charge is 2.23. The highest BCUT2D eigenvalue weighted by Crippen LogP contribution is 2.33. The predicted octanol–water partition coefficient (Wildman–Crippen LogP) is 5.04. The number of nitrogens with zero attached hydrogens (tertiary/aromatic N) is 1. The molecule has 0 radical (unpaired) electrons. The van der Waals surface area contributed by atoms with Crippen LogP contribution < -0.4 is 5.32 Å². The summed E-state index contributed by atoms with van der Waals surface area (Å²) in [5.41, 5.74) is 6.54. The number of aryl methyl sites for hydroxylation is 2. The fraction of sp³-hybridized carbons (Fsp3) is 0.385. The summed E-state index contributed by atoms with van der Waals surface area (Å²) in [4.78, 5) is 31.5. The maximum atomic E-state index is 13.2. The van der Waals surface area contributed by atoms with Crippen molar-refractivity contribution in [2.24, 2.45) is 5.92 Å². The fourth-order valence-corrected chi connectivity index (χ4v) is 5.78. The number of aromatic amines is 1. The van der Waals surface area contributed by atoms with Crippen molar-refractivity contribution in [2.45, 2.75) is 33.1 Å². The summed E-state index contributed by atoms with van der Waals surface area (Å²) in [6.45, 7) is 5.82. The zero-order valence-corrected chi connectivity index (χ0v) is 19.5. The smallest absolute Gasteiger partial charge is 0.257 e. The Morgan fingerprint density at radius 3 is 2.75 bits per heavy atom. The number of carbonyl (C=O) groups is 2. The lowest BCUT2D eigenvalue weighted by molar-refractivity contribution is 0.0772. The van der Waals surface area contributed by atoms with Crippen molar-refractivity contribution in [1.82, 2.24) is 9.88 Å². The van der Waals surface area contributed by atoms with E-state index in [2.05, 4.69) is 23.3 Å². The van der Waals surface area contributed by atoms with Crippen LogP contribution in [0.5, 0.6) is 0 Å². The molecule has 1 fully saturated rings. The molecule has 2 amide bonds.